The zero-order chi connectivity index (χ0) is 38.3. The Morgan fingerprint density at radius 2 is 1.38 bits per heavy atom. The summed E-state index contributed by atoms with van der Waals surface area (Å²) in [4.78, 5) is 9.14. The van der Waals surface area contributed by atoms with E-state index in [0.29, 0.717) is 74.4 Å². The minimum absolute atomic E-state index is 0.0569. The van der Waals surface area contributed by atoms with Gasteiger partial charge in [0.1, 0.15) is 34.5 Å². The Morgan fingerprint density at radius 1 is 0.709 bits per heavy atom. The lowest BCUT2D eigenvalue weighted by Crippen LogP contribution is -2.41. The van der Waals surface area contributed by atoms with E-state index in [1.165, 1.54) is 18.3 Å². The van der Waals surface area contributed by atoms with E-state index in [4.69, 9.17) is 21.3 Å². The van der Waals surface area contributed by atoms with Gasteiger partial charge in [0.25, 0.3) is 0 Å². The topological polar surface area (TPSA) is 171 Å². The summed E-state index contributed by atoms with van der Waals surface area (Å²) in [5.41, 5.74) is 0.607. The largest absolute Gasteiger partial charge is 0.507 e. The van der Waals surface area contributed by atoms with Gasteiger partial charge in [-0.05, 0) is 80.6 Å². The van der Waals surface area contributed by atoms with E-state index < -0.39 is 23.6 Å². The number of aromatic nitrogens is 6. The van der Waals surface area contributed by atoms with Crippen LogP contribution < -0.4 is 15.4 Å². The number of aliphatic hydroxyl groups excluding tert-OH is 1. The summed E-state index contributed by atoms with van der Waals surface area (Å²) in [5.74, 6) is 0.524. The molecule has 55 heavy (non-hydrogen) atoms. The quantitative estimate of drug-likeness (QED) is 0.100. The second-order valence-corrected chi connectivity index (χ2v) is 14.4. The van der Waals surface area contributed by atoms with Crippen molar-refractivity contribution in [3.63, 3.8) is 0 Å². The van der Waals surface area contributed by atoms with E-state index in [9.17, 15) is 28.5 Å². The Hall–Kier alpha value is -5.54. The number of rotatable bonds is 8. The second-order valence-electron chi connectivity index (χ2n) is 13.9. The van der Waals surface area contributed by atoms with Gasteiger partial charge in [-0.2, -0.15) is 13.2 Å². The van der Waals surface area contributed by atoms with Crippen LogP contribution in [0.3, 0.4) is 0 Å². The van der Waals surface area contributed by atoms with Crippen molar-refractivity contribution in [2.75, 3.05) is 10.6 Å². The molecule has 5 N–H and O–H groups in total. The van der Waals surface area contributed by atoms with Crippen molar-refractivity contribution in [1.82, 2.24) is 30.4 Å². The van der Waals surface area contributed by atoms with Gasteiger partial charge >= 0.3 is 6.18 Å². The Balaban J connectivity index is 1.11. The van der Waals surface area contributed by atoms with Crippen LogP contribution in [0.1, 0.15) is 56.9 Å². The molecule has 4 heterocycles. The highest BCUT2D eigenvalue weighted by atomic mass is 35.5. The van der Waals surface area contributed by atoms with Crippen molar-refractivity contribution in [1.29, 1.82) is 0 Å². The molecule has 12 nitrogen and oxygen atoms in total. The molecule has 0 spiro atoms. The van der Waals surface area contributed by atoms with Crippen molar-refractivity contribution < 1.29 is 33.2 Å². The van der Waals surface area contributed by atoms with Gasteiger partial charge in [-0.3, -0.25) is 4.98 Å². The highest BCUT2D eigenvalue weighted by Crippen LogP contribution is 2.40. The Labute approximate surface area is 317 Å². The number of nitrogens with one attached hydrogen (secondary N) is 2. The van der Waals surface area contributed by atoms with Crippen LogP contribution in [0.5, 0.6) is 17.4 Å². The fourth-order valence-corrected chi connectivity index (χ4v) is 7.65. The maximum absolute atomic E-state index is 13.3. The normalized spacial score (nSPS) is 20.4. The molecule has 2 saturated carbocycles. The van der Waals surface area contributed by atoms with Crippen LogP contribution in [0.25, 0.3) is 44.2 Å². The number of benzene rings is 2. The summed E-state index contributed by atoms with van der Waals surface area (Å²) in [6.45, 7) is 0. The van der Waals surface area contributed by atoms with Crippen molar-refractivity contribution >= 4 is 44.9 Å². The number of hydrogen-bond donors (Lipinski definition) is 5. The second kappa shape index (κ2) is 14.9. The molecular formula is C39H36ClF3N8O4. The molecule has 0 radical (unpaired) electrons. The first-order valence-electron chi connectivity index (χ1n) is 18.1. The summed E-state index contributed by atoms with van der Waals surface area (Å²) >= 11 is 6.12. The third-order valence-electron chi connectivity index (χ3n) is 10.3. The number of halogens is 4. The van der Waals surface area contributed by atoms with Crippen LogP contribution in [0.15, 0.2) is 67.0 Å². The van der Waals surface area contributed by atoms with E-state index in [-0.39, 0.29) is 35.2 Å². The van der Waals surface area contributed by atoms with Crippen molar-refractivity contribution in [3.05, 3.63) is 77.6 Å². The van der Waals surface area contributed by atoms with E-state index in [0.717, 1.165) is 44.6 Å². The van der Waals surface area contributed by atoms with E-state index in [1.54, 1.807) is 30.5 Å². The number of alkyl halides is 3. The summed E-state index contributed by atoms with van der Waals surface area (Å²) < 4.78 is 46.5. The number of aromatic hydroxyl groups is 2. The van der Waals surface area contributed by atoms with Crippen molar-refractivity contribution in [3.8, 4) is 39.9 Å². The number of fused-ring (bicyclic) bond motifs is 2. The number of nitrogens with zero attached hydrogens (tertiary/aromatic N) is 6. The first kappa shape index (κ1) is 36.4. The van der Waals surface area contributed by atoms with Gasteiger partial charge in [-0.1, -0.05) is 30.9 Å². The number of aliphatic hydroxyl groups is 1. The Morgan fingerprint density at radius 3 is 2.13 bits per heavy atom. The molecular weight excluding hydrogens is 737 g/mol. The molecule has 8 rings (SSSR count). The number of anilines is 2. The van der Waals surface area contributed by atoms with E-state index >= 15 is 0 Å². The number of ether oxygens (including phenoxy) is 1. The molecule has 16 heteroatoms. The van der Waals surface area contributed by atoms with Gasteiger partial charge in [-0.25, -0.2) is 4.98 Å². The van der Waals surface area contributed by atoms with Gasteiger partial charge in [0.05, 0.1) is 23.8 Å². The van der Waals surface area contributed by atoms with Gasteiger partial charge in [0, 0.05) is 50.8 Å². The van der Waals surface area contributed by atoms with E-state index in [2.05, 4.69) is 36.0 Å². The number of pyridine rings is 2. The standard InChI is InChI=1S/C39H36ClF3N8O4/c40-21-10-12-24(31(54)18-21)34-25-13-14-33(47-36(25)38(51-48-34)45-27-5-1-3-7-29(27)52)55-32-8-4-2-6-28(32)46-37-22-15-16-44-19-26(22)35(49-50-37)23-11-9-20(17-30(23)53)39(41,42)43/h9-19,27-29,32,52-54H,1-8H2,(H,45,51)(H,46,50)/t27-,28?,29-,32-/m1/s1. The van der Waals surface area contributed by atoms with Crippen molar-refractivity contribution in [2.45, 2.75) is 81.8 Å². The zero-order valence-electron chi connectivity index (χ0n) is 29.3. The smallest absolute Gasteiger partial charge is 0.416 e. The van der Waals surface area contributed by atoms with Gasteiger partial charge in [0.2, 0.25) is 5.88 Å². The fourth-order valence-electron chi connectivity index (χ4n) is 7.48. The predicted molar refractivity (Wildman–Crippen MR) is 201 cm³/mol. The summed E-state index contributed by atoms with van der Waals surface area (Å²) in [6.07, 6.45) is 4.23. The molecule has 2 aliphatic rings. The van der Waals surface area contributed by atoms with Crippen LogP contribution in [0, 0.1) is 0 Å². The molecule has 2 aromatic carbocycles. The summed E-state index contributed by atoms with van der Waals surface area (Å²) in [6, 6.07) is 12.3. The molecule has 2 fully saturated rings. The van der Waals surface area contributed by atoms with Crippen LogP contribution in [0.2, 0.25) is 5.02 Å². The average Bonchev–Trinajstić information content (AvgIpc) is 3.17. The Kier molecular flexibility index (Phi) is 9.90. The van der Waals surface area contributed by atoms with E-state index in [1.807, 2.05) is 6.07 Å². The molecule has 4 atom stereocenters. The average molecular weight is 773 g/mol. The number of phenols is 2. The maximum atomic E-state index is 13.3. The SMILES string of the molecule is Oc1cc(C(F)(F)F)ccc1-c1nnc(NC2CCCC[C@H]2Oc2ccc3c(-c4ccc(Cl)cc4O)nnc(N[C@@H]4CCCC[C@H]4O)c3n2)c2ccncc12. The Bertz CT molecular complexity index is 2390. The molecule has 0 saturated heterocycles. The highest BCUT2D eigenvalue weighted by molar-refractivity contribution is 6.30. The molecule has 6 aromatic rings. The third kappa shape index (κ3) is 7.45. The lowest BCUT2D eigenvalue weighted by molar-refractivity contribution is -0.137. The van der Waals surface area contributed by atoms with Crippen molar-refractivity contribution in [2.24, 2.45) is 0 Å². The van der Waals surface area contributed by atoms with Crippen LogP contribution in [-0.4, -0.2) is 70.0 Å². The molecule has 2 aliphatic carbocycles. The number of phenolic OH excluding ortho intramolecular Hbond substituents is 2. The maximum Gasteiger partial charge on any atom is 0.416 e. The third-order valence-corrected chi connectivity index (χ3v) is 10.6. The highest BCUT2D eigenvalue weighted by Gasteiger charge is 2.33. The summed E-state index contributed by atoms with van der Waals surface area (Å²) in [5, 5.41) is 58.8. The monoisotopic (exact) mass is 772 g/mol. The van der Waals surface area contributed by atoms with Gasteiger partial charge in [-0.15, -0.1) is 20.4 Å². The van der Waals surface area contributed by atoms with Gasteiger partial charge < -0.3 is 30.7 Å². The minimum Gasteiger partial charge on any atom is -0.507 e. The van der Waals surface area contributed by atoms with Crippen LogP contribution in [0.4, 0.5) is 24.8 Å². The lowest BCUT2D eigenvalue weighted by Gasteiger charge is -2.32. The first-order chi connectivity index (χ1) is 26.5. The first-order valence-corrected chi connectivity index (χ1v) is 18.5. The molecule has 284 valence electrons. The number of hydrogen-bond acceptors (Lipinski definition) is 12. The molecule has 0 amide bonds. The summed E-state index contributed by atoms with van der Waals surface area (Å²) in [7, 11) is 0. The van der Waals surface area contributed by atoms with Gasteiger partial charge in [0.15, 0.2) is 11.6 Å². The predicted octanol–water partition coefficient (Wildman–Crippen LogP) is 8.30. The lowest BCUT2D eigenvalue weighted by atomic mass is 9.92. The molecule has 4 aromatic heterocycles. The van der Waals surface area contributed by atoms with Crippen LogP contribution >= 0.6 is 11.6 Å². The minimum atomic E-state index is -4.61. The zero-order valence-corrected chi connectivity index (χ0v) is 30.0. The molecule has 0 aliphatic heterocycles. The fraction of sp³-hybridized carbons (Fsp3) is 0.333. The molecule has 0 bridgehead atoms. The molecule has 1 unspecified atom stereocenters. The van der Waals surface area contributed by atoms with Crippen LogP contribution in [-0.2, 0) is 6.18 Å².